The van der Waals surface area contributed by atoms with Gasteiger partial charge in [-0.25, -0.2) is 9.59 Å². The Kier molecular flexibility index (Phi) is 8.65. The zero-order valence-corrected chi connectivity index (χ0v) is 13.3. The second-order valence-electron chi connectivity index (χ2n) is 4.99. The van der Waals surface area contributed by atoms with Gasteiger partial charge in [0.1, 0.15) is 5.75 Å². The fourth-order valence-electron chi connectivity index (χ4n) is 1.93. The number of unbranched alkanes of at least 4 members (excludes halogenated alkanes) is 2. The largest absolute Gasteiger partial charge is 0.463 e. The molecule has 0 aromatic heterocycles. The summed E-state index contributed by atoms with van der Waals surface area (Å²) < 4.78 is 10.2. The highest BCUT2D eigenvalue weighted by Crippen LogP contribution is 2.19. The van der Waals surface area contributed by atoms with Gasteiger partial charge in [-0.2, -0.15) is 0 Å². The fourth-order valence-corrected chi connectivity index (χ4v) is 1.93. The lowest BCUT2D eigenvalue weighted by atomic mass is 10.1. The molecule has 0 aliphatic carbocycles. The molecule has 0 spiro atoms. The van der Waals surface area contributed by atoms with Gasteiger partial charge in [-0.1, -0.05) is 51.3 Å². The molecule has 0 saturated heterocycles. The Morgan fingerprint density at radius 3 is 2.45 bits per heavy atom. The van der Waals surface area contributed by atoms with Crippen LogP contribution < -0.4 is 4.74 Å². The van der Waals surface area contributed by atoms with Crippen LogP contribution in [0.1, 0.15) is 45.1 Å². The average molecular weight is 304 g/mol. The predicted octanol–water partition coefficient (Wildman–Crippen LogP) is 3.83. The van der Waals surface area contributed by atoms with Gasteiger partial charge in [-0.05, 0) is 24.5 Å². The Morgan fingerprint density at radius 1 is 1.00 bits per heavy atom. The van der Waals surface area contributed by atoms with Crippen molar-refractivity contribution in [2.75, 3.05) is 6.61 Å². The number of hydrogen-bond donors (Lipinski definition) is 0. The third kappa shape index (κ3) is 7.07. The van der Waals surface area contributed by atoms with Crippen LogP contribution in [0.4, 0.5) is 0 Å². The van der Waals surface area contributed by atoms with E-state index in [2.05, 4.69) is 13.8 Å². The molecule has 22 heavy (non-hydrogen) atoms. The first-order valence-electron chi connectivity index (χ1n) is 7.82. The van der Waals surface area contributed by atoms with Crippen molar-refractivity contribution in [3.05, 3.63) is 42.0 Å². The summed E-state index contributed by atoms with van der Waals surface area (Å²) in [4.78, 5) is 23.1. The minimum Gasteiger partial charge on any atom is -0.463 e. The molecule has 0 heterocycles. The maximum absolute atomic E-state index is 11.7. The molecular formula is C18H24O4. The molecule has 0 N–H and O–H groups in total. The molecule has 0 fully saturated rings. The number of benzene rings is 1. The quantitative estimate of drug-likeness (QED) is 0.301. The van der Waals surface area contributed by atoms with E-state index in [0.717, 1.165) is 49.8 Å². The van der Waals surface area contributed by atoms with Gasteiger partial charge in [0.2, 0.25) is 0 Å². The summed E-state index contributed by atoms with van der Waals surface area (Å²) in [6, 6.07) is 7.40. The Morgan fingerprint density at radius 2 is 1.73 bits per heavy atom. The molecule has 4 nitrogen and oxygen atoms in total. The Hall–Kier alpha value is -2.10. The molecule has 4 heteroatoms. The van der Waals surface area contributed by atoms with E-state index in [-0.39, 0.29) is 0 Å². The topological polar surface area (TPSA) is 52.6 Å². The molecule has 0 atom stereocenters. The summed E-state index contributed by atoms with van der Waals surface area (Å²) in [6.45, 7) is 4.52. The zero-order valence-electron chi connectivity index (χ0n) is 13.3. The molecule has 0 aliphatic heterocycles. The van der Waals surface area contributed by atoms with Crippen molar-refractivity contribution in [2.24, 2.45) is 0 Å². The van der Waals surface area contributed by atoms with E-state index in [1.807, 2.05) is 18.2 Å². The van der Waals surface area contributed by atoms with Crippen molar-refractivity contribution in [2.45, 2.75) is 46.0 Å². The van der Waals surface area contributed by atoms with Gasteiger partial charge in [0.05, 0.1) is 6.61 Å². The van der Waals surface area contributed by atoms with Crippen LogP contribution in [-0.4, -0.2) is 18.5 Å². The lowest BCUT2D eigenvalue weighted by Crippen LogP contribution is -2.08. The van der Waals surface area contributed by atoms with Crippen LogP contribution in [0.15, 0.2) is 36.4 Å². The minimum absolute atomic E-state index is 0.380. The normalized spacial score (nSPS) is 10.6. The van der Waals surface area contributed by atoms with Gasteiger partial charge in [-0.15, -0.1) is 0 Å². The third-order valence-corrected chi connectivity index (χ3v) is 3.05. The summed E-state index contributed by atoms with van der Waals surface area (Å²) in [5.41, 5.74) is 0.980. The molecule has 0 amide bonds. The van der Waals surface area contributed by atoms with E-state index in [0.29, 0.717) is 12.4 Å². The molecular weight excluding hydrogens is 280 g/mol. The average Bonchev–Trinajstić information content (AvgIpc) is 2.52. The highest BCUT2D eigenvalue weighted by molar-refractivity contribution is 5.92. The van der Waals surface area contributed by atoms with E-state index < -0.39 is 11.9 Å². The lowest BCUT2D eigenvalue weighted by Gasteiger charge is -2.07. The van der Waals surface area contributed by atoms with E-state index in [1.165, 1.54) is 0 Å². The van der Waals surface area contributed by atoms with Crippen LogP contribution in [0.5, 0.6) is 5.75 Å². The summed E-state index contributed by atoms with van der Waals surface area (Å²) in [7, 11) is 0. The first-order valence-corrected chi connectivity index (χ1v) is 7.82. The highest BCUT2D eigenvalue weighted by Gasteiger charge is 2.06. The van der Waals surface area contributed by atoms with Crippen LogP contribution in [0.2, 0.25) is 0 Å². The van der Waals surface area contributed by atoms with Crippen LogP contribution in [0.3, 0.4) is 0 Å². The fraction of sp³-hybridized carbons (Fsp3) is 0.444. The van der Waals surface area contributed by atoms with Gasteiger partial charge in [0.15, 0.2) is 0 Å². The summed E-state index contributed by atoms with van der Waals surface area (Å²) in [5, 5.41) is 0. The number of hydrogen-bond acceptors (Lipinski definition) is 4. The maximum Gasteiger partial charge on any atom is 0.336 e. The molecule has 1 aromatic carbocycles. The minimum atomic E-state index is -0.575. The summed E-state index contributed by atoms with van der Waals surface area (Å²) in [5.74, 6) is -0.556. The van der Waals surface area contributed by atoms with Crippen LogP contribution in [0, 0.1) is 0 Å². The van der Waals surface area contributed by atoms with E-state index in [4.69, 9.17) is 9.47 Å². The molecule has 0 unspecified atom stereocenters. The van der Waals surface area contributed by atoms with Crippen molar-refractivity contribution in [3.63, 3.8) is 0 Å². The molecule has 1 aromatic rings. The van der Waals surface area contributed by atoms with Crippen molar-refractivity contribution < 1.29 is 19.1 Å². The van der Waals surface area contributed by atoms with Gasteiger partial charge in [0, 0.05) is 12.2 Å². The Bertz CT molecular complexity index is 506. The number of carbonyl (C=O) groups is 2. The molecule has 0 bridgehead atoms. The molecule has 0 radical (unpaired) electrons. The Balaban J connectivity index is 2.45. The summed E-state index contributed by atoms with van der Waals surface area (Å²) in [6.07, 6.45) is 6.94. The van der Waals surface area contributed by atoms with Crippen molar-refractivity contribution in [1.82, 2.24) is 0 Å². The number of ether oxygens (including phenoxy) is 2. The highest BCUT2D eigenvalue weighted by atomic mass is 16.5. The van der Waals surface area contributed by atoms with Gasteiger partial charge >= 0.3 is 11.9 Å². The second kappa shape index (κ2) is 10.6. The van der Waals surface area contributed by atoms with E-state index >= 15 is 0 Å². The molecule has 0 saturated carbocycles. The monoisotopic (exact) mass is 304 g/mol. The van der Waals surface area contributed by atoms with E-state index in [9.17, 15) is 9.59 Å². The second-order valence-corrected chi connectivity index (χ2v) is 4.99. The number of rotatable bonds is 9. The van der Waals surface area contributed by atoms with Crippen molar-refractivity contribution >= 4 is 11.9 Å². The number of esters is 2. The number of aryl methyl sites for hydroxylation is 1. The number of para-hydroxylation sites is 1. The van der Waals surface area contributed by atoms with Crippen LogP contribution in [-0.2, 0) is 20.7 Å². The van der Waals surface area contributed by atoms with Crippen LogP contribution in [0.25, 0.3) is 0 Å². The maximum atomic E-state index is 11.7. The molecule has 1 rings (SSSR count). The van der Waals surface area contributed by atoms with Crippen LogP contribution >= 0.6 is 0 Å². The summed E-state index contributed by atoms with van der Waals surface area (Å²) >= 11 is 0. The zero-order chi connectivity index (χ0) is 16.2. The van der Waals surface area contributed by atoms with E-state index in [1.54, 1.807) is 6.07 Å². The predicted molar refractivity (Wildman–Crippen MR) is 85.7 cm³/mol. The molecule has 0 aliphatic rings. The van der Waals surface area contributed by atoms with Gasteiger partial charge < -0.3 is 9.47 Å². The smallest absolute Gasteiger partial charge is 0.336 e. The first kappa shape index (κ1) is 18.0. The standard InChI is InChI=1S/C18H24O4/c1-3-5-8-14-21-17(19)12-13-18(20)22-16-11-7-6-10-15(16)9-4-2/h6-7,10-13H,3-5,8-9,14H2,1-2H3/b13-12+. The third-order valence-electron chi connectivity index (χ3n) is 3.05. The SMILES string of the molecule is CCCCCOC(=O)/C=C/C(=O)Oc1ccccc1CCC. The van der Waals surface area contributed by atoms with Gasteiger partial charge in [-0.3, -0.25) is 0 Å². The van der Waals surface area contributed by atoms with Crippen molar-refractivity contribution in [3.8, 4) is 5.75 Å². The lowest BCUT2D eigenvalue weighted by molar-refractivity contribution is -0.138. The molecule has 120 valence electrons. The van der Waals surface area contributed by atoms with Gasteiger partial charge in [0.25, 0.3) is 0 Å². The number of carbonyl (C=O) groups excluding carboxylic acids is 2. The Labute approximate surface area is 132 Å². The van der Waals surface area contributed by atoms with Crippen molar-refractivity contribution in [1.29, 1.82) is 0 Å². The first-order chi connectivity index (χ1) is 10.7.